The number of thioether (sulfide) groups is 1. The van der Waals surface area contributed by atoms with Crippen LogP contribution in [-0.4, -0.2) is 37.9 Å². The van der Waals surface area contributed by atoms with Gasteiger partial charge >= 0.3 is 6.16 Å². The van der Waals surface area contributed by atoms with Gasteiger partial charge in [0.2, 0.25) is 0 Å². The molecule has 0 saturated carbocycles. The Bertz CT molecular complexity index is 546. The Hall–Kier alpha value is -1.21. The van der Waals surface area contributed by atoms with E-state index in [2.05, 4.69) is 4.74 Å². The largest absolute Gasteiger partial charge is 0.513 e. The number of hydrogen-bond acceptors (Lipinski definition) is 6. The first-order chi connectivity index (χ1) is 9.01. The summed E-state index contributed by atoms with van der Waals surface area (Å²) in [5.74, 6) is 1.33. The normalized spacial score (nSPS) is 17.8. The van der Waals surface area contributed by atoms with Crippen LogP contribution in [0.3, 0.4) is 0 Å². The molecule has 7 heteroatoms. The van der Waals surface area contributed by atoms with E-state index in [4.69, 9.17) is 4.74 Å². The van der Waals surface area contributed by atoms with Gasteiger partial charge in [0.05, 0.1) is 17.3 Å². The molecule has 0 spiro atoms. The molecule has 104 valence electrons. The maximum Gasteiger partial charge on any atom is 0.513 e. The predicted molar refractivity (Wildman–Crippen MR) is 72.4 cm³/mol. The van der Waals surface area contributed by atoms with Crippen molar-refractivity contribution in [1.82, 2.24) is 0 Å². The highest BCUT2D eigenvalue weighted by Gasteiger charge is 2.29. The number of ether oxygens (including phenoxy) is 2. The molecule has 0 aromatic heterocycles. The van der Waals surface area contributed by atoms with E-state index in [1.165, 1.54) is 24.3 Å². The van der Waals surface area contributed by atoms with Crippen LogP contribution in [0.4, 0.5) is 4.79 Å². The topological polar surface area (TPSA) is 69.7 Å². The van der Waals surface area contributed by atoms with Crippen LogP contribution in [0, 0.1) is 0 Å². The number of sulfone groups is 1. The Morgan fingerprint density at radius 1 is 1.37 bits per heavy atom. The molecule has 1 atom stereocenters. The first-order valence-corrected chi connectivity index (χ1v) is 8.50. The van der Waals surface area contributed by atoms with Gasteiger partial charge in [-0.05, 0) is 31.2 Å². The molecule has 0 amide bonds. The molecule has 1 aromatic carbocycles. The van der Waals surface area contributed by atoms with E-state index in [1.54, 1.807) is 18.7 Å². The molecule has 1 saturated heterocycles. The third-order valence-corrected chi connectivity index (χ3v) is 5.47. The highest BCUT2D eigenvalue weighted by molar-refractivity contribution is 8.08. The van der Waals surface area contributed by atoms with E-state index in [0.717, 1.165) is 5.75 Å². The van der Waals surface area contributed by atoms with Crippen molar-refractivity contribution in [2.45, 2.75) is 17.1 Å². The minimum Gasteiger partial charge on any atom is -0.434 e. The fourth-order valence-corrected chi connectivity index (χ4v) is 4.14. The Morgan fingerprint density at radius 3 is 2.53 bits per heavy atom. The minimum absolute atomic E-state index is 0.162. The molecule has 0 radical (unpaired) electrons. The lowest BCUT2D eigenvalue weighted by molar-refractivity contribution is 0.104. The van der Waals surface area contributed by atoms with Gasteiger partial charge in [-0.3, -0.25) is 0 Å². The lowest BCUT2D eigenvalue weighted by Crippen LogP contribution is -2.12. The molecule has 1 heterocycles. The fraction of sp³-hybridized carbons (Fsp3) is 0.417. The Balaban J connectivity index is 2.03. The van der Waals surface area contributed by atoms with Crippen molar-refractivity contribution >= 4 is 27.8 Å². The molecule has 1 aromatic rings. The zero-order valence-corrected chi connectivity index (χ0v) is 12.0. The van der Waals surface area contributed by atoms with Gasteiger partial charge in [0.25, 0.3) is 0 Å². The van der Waals surface area contributed by atoms with Crippen LogP contribution < -0.4 is 4.74 Å². The molecule has 0 bridgehead atoms. The summed E-state index contributed by atoms with van der Waals surface area (Å²) in [6.07, 6.45) is -0.799. The van der Waals surface area contributed by atoms with Gasteiger partial charge in [0.15, 0.2) is 9.84 Å². The van der Waals surface area contributed by atoms with Gasteiger partial charge < -0.3 is 9.47 Å². The van der Waals surface area contributed by atoms with Crippen molar-refractivity contribution in [1.29, 1.82) is 0 Å². The van der Waals surface area contributed by atoms with Gasteiger partial charge in [-0.1, -0.05) is 0 Å². The zero-order valence-electron chi connectivity index (χ0n) is 10.4. The smallest absolute Gasteiger partial charge is 0.434 e. The molecule has 0 aliphatic carbocycles. The molecule has 1 fully saturated rings. The second kappa shape index (κ2) is 5.83. The Kier molecular flexibility index (Phi) is 4.36. The second-order valence-corrected chi connectivity index (χ2v) is 7.36. The van der Waals surface area contributed by atoms with Crippen LogP contribution in [0.2, 0.25) is 0 Å². The van der Waals surface area contributed by atoms with Crippen molar-refractivity contribution in [2.75, 3.05) is 18.1 Å². The van der Waals surface area contributed by atoms with Crippen LogP contribution in [0.5, 0.6) is 5.75 Å². The molecule has 1 aliphatic rings. The molecule has 1 aliphatic heterocycles. The summed E-state index contributed by atoms with van der Waals surface area (Å²) in [7, 11) is -3.25. The van der Waals surface area contributed by atoms with Gasteiger partial charge in [-0.25, -0.2) is 13.2 Å². The van der Waals surface area contributed by atoms with Crippen LogP contribution in [0.25, 0.3) is 0 Å². The highest BCUT2D eigenvalue weighted by atomic mass is 32.2. The van der Waals surface area contributed by atoms with Gasteiger partial charge in [0.1, 0.15) is 5.75 Å². The monoisotopic (exact) mass is 302 g/mol. The second-order valence-electron chi connectivity index (χ2n) is 3.99. The maximum absolute atomic E-state index is 12.0. The molecule has 2 rings (SSSR count). The summed E-state index contributed by atoms with van der Waals surface area (Å²) in [6.45, 7) is 1.90. The first kappa shape index (κ1) is 14.2. The van der Waals surface area contributed by atoms with Crippen molar-refractivity contribution in [3.8, 4) is 5.75 Å². The lowest BCUT2D eigenvalue weighted by atomic mass is 10.3. The summed E-state index contributed by atoms with van der Waals surface area (Å²) in [6, 6.07) is 5.78. The standard InChI is InChI=1S/C12H14O5S2/c1-2-16-12(13)17-9-3-5-11(6-4-9)19(14,15)8-10-7-18-10/h3-6,10H,2,7-8H2,1H3. The minimum atomic E-state index is -3.25. The summed E-state index contributed by atoms with van der Waals surface area (Å²) >= 11 is 1.64. The lowest BCUT2D eigenvalue weighted by Gasteiger charge is -2.06. The van der Waals surface area contributed by atoms with E-state index in [0.29, 0.717) is 0 Å². The zero-order chi connectivity index (χ0) is 13.9. The summed E-state index contributed by atoms with van der Waals surface area (Å²) in [5, 5.41) is 0.223. The molecular weight excluding hydrogens is 288 g/mol. The quantitative estimate of drug-likeness (QED) is 0.471. The average Bonchev–Trinajstić information content (AvgIpc) is 3.13. The number of hydrogen-bond donors (Lipinski definition) is 0. The van der Waals surface area contributed by atoms with Gasteiger partial charge in [-0.15, -0.1) is 0 Å². The van der Waals surface area contributed by atoms with E-state index in [-0.39, 0.29) is 28.3 Å². The molecule has 19 heavy (non-hydrogen) atoms. The number of carbonyl (C=O) groups excluding carboxylic acids is 1. The molecule has 5 nitrogen and oxygen atoms in total. The highest BCUT2D eigenvalue weighted by Crippen LogP contribution is 2.33. The third kappa shape index (κ3) is 4.14. The van der Waals surface area contributed by atoms with Gasteiger partial charge in [-0.2, -0.15) is 11.8 Å². The average molecular weight is 302 g/mol. The van der Waals surface area contributed by atoms with Crippen molar-refractivity contribution < 1.29 is 22.7 Å². The maximum atomic E-state index is 12.0. The molecular formula is C12H14O5S2. The van der Waals surface area contributed by atoms with E-state index >= 15 is 0 Å². The van der Waals surface area contributed by atoms with E-state index in [9.17, 15) is 13.2 Å². The summed E-state index contributed by atoms with van der Waals surface area (Å²) in [5.41, 5.74) is 0. The van der Waals surface area contributed by atoms with Crippen LogP contribution in [0.1, 0.15) is 6.92 Å². The van der Waals surface area contributed by atoms with Crippen molar-refractivity contribution in [3.63, 3.8) is 0 Å². The van der Waals surface area contributed by atoms with Gasteiger partial charge in [0, 0.05) is 11.0 Å². The van der Waals surface area contributed by atoms with Crippen LogP contribution in [-0.2, 0) is 14.6 Å². The number of rotatable bonds is 5. The molecule has 0 N–H and O–H groups in total. The van der Waals surface area contributed by atoms with E-state index in [1.807, 2.05) is 0 Å². The number of carbonyl (C=O) groups is 1. The SMILES string of the molecule is CCOC(=O)Oc1ccc(S(=O)(=O)CC2CS2)cc1. The van der Waals surface area contributed by atoms with Crippen molar-refractivity contribution in [2.24, 2.45) is 0 Å². The fourth-order valence-electron chi connectivity index (χ4n) is 1.46. The van der Waals surface area contributed by atoms with E-state index < -0.39 is 16.0 Å². The predicted octanol–water partition coefficient (Wildman–Crippen LogP) is 2.11. The third-order valence-electron chi connectivity index (χ3n) is 2.45. The summed E-state index contributed by atoms with van der Waals surface area (Å²) in [4.78, 5) is 11.3. The summed E-state index contributed by atoms with van der Waals surface area (Å²) < 4.78 is 33.4. The number of benzene rings is 1. The van der Waals surface area contributed by atoms with Crippen LogP contribution in [0.15, 0.2) is 29.2 Å². The van der Waals surface area contributed by atoms with Crippen molar-refractivity contribution in [3.05, 3.63) is 24.3 Å². The first-order valence-electron chi connectivity index (χ1n) is 5.80. The van der Waals surface area contributed by atoms with Crippen LogP contribution >= 0.6 is 11.8 Å². The Labute approximate surface area is 116 Å². The Morgan fingerprint density at radius 2 is 2.00 bits per heavy atom. The molecule has 1 unspecified atom stereocenters.